The molecule has 0 atom stereocenters. The van der Waals surface area contributed by atoms with Gasteiger partial charge in [0.05, 0.1) is 6.54 Å². The normalized spacial score (nSPS) is 17.1. The molecule has 1 fully saturated rings. The van der Waals surface area contributed by atoms with Gasteiger partial charge in [-0.1, -0.05) is 18.2 Å². The van der Waals surface area contributed by atoms with Gasteiger partial charge in [-0.2, -0.15) is 5.10 Å². The summed E-state index contributed by atoms with van der Waals surface area (Å²) in [5.41, 5.74) is 1.19. The fraction of sp³-hybridized carbons (Fsp3) is 0.389. The fourth-order valence-electron chi connectivity index (χ4n) is 3.41. The highest BCUT2D eigenvalue weighted by Crippen LogP contribution is 2.19. The number of likely N-dealkylation sites (tertiary alicyclic amines) is 1. The van der Waals surface area contributed by atoms with Crippen LogP contribution in [0.5, 0.6) is 0 Å². The maximum atomic E-state index is 13.8. The number of carbonyl (C=O) groups excluding carboxylic acids is 2. The van der Waals surface area contributed by atoms with E-state index in [1.54, 1.807) is 38.7 Å². The second-order valence-electron chi connectivity index (χ2n) is 6.46. The predicted molar refractivity (Wildman–Crippen MR) is 88.5 cm³/mol. The van der Waals surface area contributed by atoms with Crippen molar-refractivity contribution in [2.24, 2.45) is 0 Å². The molecule has 1 saturated heterocycles. The second kappa shape index (κ2) is 6.31. The molecule has 0 saturated carbocycles. The Labute approximate surface area is 144 Å². The number of amides is 2. The molecule has 2 aliphatic rings. The lowest BCUT2D eigenvalue weighted by Crippen LogP contribution is -2.40. The van der Waals surface area contributed by atoms with Crippen LogP contribution in [0.1, 0.15) is 39.4 Å². The van der Waals surface area contributed by atoms with Crippen LogP contribution in [0, 0.1) is 5.82 Å². The van der Waals surface area contributed by atoms with Crippen LogP contribution in [0.3, 0.4) is 0 Å². The summed E-state index contributed by atoms with van der Waals surface area (Å²) in [6.07, 6.45) is 2.02. The summed E-state index contributed by atoms with van der Waals surface area (Å²) in [6.45, 7) is 2.65. The van der Waals surface area contributed by atoms with Crippen molar-refractivity contribution >= 4 is 11.8 Å². The second-order valence-corrected chi connectivity index (χ2v) is 6.46. The highest BCUT2D eigenvalue weighted by atomic mass is 19.1. The SMILES string of the molecule is O=C(c1cc2n(n1)CCN(Cc1ccccc1F)C2=O)N1CCCC1. The van der Waals surface area contributed by atoms with E-state index in [1.165, 1.54) is 6.07 Å². The Balaban J connectivity index is 1.54. The lowest BCUT2D eigenvalue weighted by Gasteiger charge is -2.27. The standard InChI is InChI=1S/C18H19FN4O2/c19-14-6-2-1-5-13(14)12-22-9-10-23-16(18(22)25)11-15(20-23)17(24)21-7-3-4-8-21/h1-2,5-6,11H,3-4,7-10,12H2. The van der Waals surface area contributed by atoms with Gasteiger partial charge in [-0.3, -0.25) is 14.3 Å². The Kier molecular flexibility index (Phi) is 3.99. The summed E-state index contributed by atoms with van der Waals surface area (Å²) in [6, 6.07) is 8.01. The van der Waals surface area contributed by atoms with E-state index in [0.717, 1.165) is 25.9 Å². The van der Waals surface area contributed by atoms with Crippen LogP contribution < -0.4 is 0 Å². The maximum Gasteiger partial charge on any atom is 0.274 e. The van der Waals surface area contributed by atoms with E-state index in [-0.39, 0.29) is 24.2 Å². The van der Waals surface area contributed by atoms with Crippen LogP contribution in [0.4, 0.5) is 4.39 Å². The molecule has 2 amide bonds. The number of aromatic nitrogens is 2. The Morgan fingerprint density at radius 1 is 1.12 bits per heavy atom. The smallest absolute Gasteiger partial charge is 0.274 e. The van der Waals surface area contributed by atoms with E-state index in [9.17, 15) is 14.0 Å². The molecule has 0 N–H and O–H groups in total. The van der Waals surface area contributed by atoms with Crippen LogP contribution in [0.2, 0.25) is 0 Å². The lowest BCUT2D eigenvalue weighted by molar-refractivity contribution is 0.0680. The van der Waals surface area contributed by atoms with E-state index in [0.29, 0.717) is 30.0 Å². The highest BCUT2D eigenvalue weighted by Gasteiger charge is 2.30. The number of carbonyl (C=O) groups is 2. The lowest BCUT2D eigenvalue weighted by atomic mass is 10.1. The molecule has 0 aliphatic carbocycles. The first kappa shape index (κ1) is 15.8. The first-order valence-electron chi connectivity index (χ1n) is 8.53. The Morgan fingerprint density at radius 2 is 1.88 bits per heavy atom. The monoisotopic (exact) mass is 342 g/mol. The van der Waals surface area contributed by atoms with Crippen LogP contribution in [0.15, 0.2) is 30.3 Å². The van der Waals surface area contributed by atoms with Gasteiger partial charge in [0, 0.05) is 37.8 Å². The first-order chi connectivity index (χ1) is 12.1. The van der Waals surface area contributed by atoms with Gasteiger partial charge in [0.15, 0.2) is 5.69 Å². The summed E-state index contributed by atoms with van der Waals surface area (Å²) >= 11 is 0. The van der Waals surface area contributed by atoms with Crippen molar-refractivity contribution in [2.45, 2.75) is 25.9 Å². The number of fused-ring (bicyclic) bond motifs is 1. The number of benzene rings is 1. The number of nitrogens with zero attached hydrogens (tertiary/aromatic N) is 4. The zero-order chi connectivity index (χ0) is 17.4. The Morgan fingerprint density at radius 3 is 2.64 bits per heavy atom. The van der Waals surface area contributed by atoms with Gasteiger partial charge in [-0.15, -0.1) is 0 Å². The Bertz CT molecular complexity index is 826. The average molecular weight is 342 g/mol. The molecule has 7 heteroatoms. The summed E-state index contributed by atoms with van der Waals surface area (Å²) in [7, 11) is 0. The molecule has 0 unspecified atom stereocenters. The third kappa shape index (κ3) is 2.90. The molecule has 6 nitrogen and oxygen atoms in total. The number of rotatable bonds is 3. The molecule has 25 heavy (non-hydrogen) atoms. The van der Waals surface area contributed by atoms with Crippen LogP contribution in [0.25, 0.3) is 0 Å². The van der Waals surface area contributed by atoms with Gasteiger partial charge >= 0.3 is 0 Å². The molecule has 3 heterocycles. The third-order valence-electron chi connectivity index (χ3n) is 4.80. The van der Waals surface area contributed by atoms with Crippen molar-refractivity contribution in [2.75, 3.05) is 19.6 Å². The van der Waals surface area contributed by atoms with Crippen molar-refractivity contribution in [1.29, 1.82) is 0 Å². The van der Waals surface area contributed by atoms with Crippen molar-refractivity contribution in [3.63, 3.8) is 0 Å². The largest absolute Gasteiger partial charge is 0.337 e. The van der Waals surface area contributed by atoms with Crippen molar-refractivity contribution < 1.29 is 14.0 Å². The van der Waals surface area contributed by atoms with E-state index in [1.807, 2.05) is 0 Å². The third-order valence-corrected chi connectivity index (χ3v) is 4.80. The molecule has 0 radical (unpaired) electrons. The van der Waals surface area contributed by atoms with E-state index in [2.05, 4.69) is 5.10 Å². The summed E-state index contributed by atoms with van der Waals surface area (Å²) in [4.78, 5) is 28.5. The molecule has 0 spiro atoms. The molecule has 2 aliphatic heterocycles. The molecule has 2 aromatic rings. The Hall–Kier alpha value is -2.70. The zero-order valence-corrected chi connectivity index (χ0v) is 13.8. The van der Waals surface area contributed by atoms with Crippen molar-refractivity contribution in [3.8, 4) is 0 Å². The number of hydrogen-bond donors (Lipinski definition) is 0. The summed E-state index contributed by atoms with van der Waals surface area (Å²) < 4.78 is 15.4. The van der Waals surface area contributed by atoms with Crippen molar-refractivity contribution in [1.82, 2.24) is 19.6 Å². The van der Waals surface area contributed by atoms with Gasteiger partial charge in [-0.05, 0) is 18.9 Å². The average Bonchev–Trinajstić information content (AvgIpc) is 3.28. The minimum Gasteiger partial charge on any atom is -0.337 e. The molecular formula is C18H19FN4O2. The van der Waals surface area contributed by atoms with E-state index < -0.39 is 0 Å². The van der Waals surface area contributed by atoms with Gasteiger partial charge in [0.25, 0.3) is 11.8 Å². The molecule has 0 bridgehead atoms. The van der Waals surface area contributed by atoms with Crippen LogP contribution in [-0.2, 0) is 13.1 Å². The van der Waals surface area contributed by atoms with Gasteiger partial charge in [0.2, 0.25) is 0 Å². The molecule has 130 valence electrons. The fourth-order valence-corrected chi connectivity index (χ4v) is 3.41. The molecule has 4 rings (SSSR count). The van der Waals surface area contributed by atoms with Crippen molar-refractivity contribution in [3.05, 3.63) is 53.1 Å². The molecule has 1 aromatic carbocycles. The topological polar surface area (TPSA) is 58.4 Å². The molecule has 1 aromatic heterocycles. The zero-order valence-electron chi connectivity index (χ0n) is 13.8. The summed E-state index contributed by atoms with van der Waals surface area (Å²) in [5.74, 6) is -0.658. The van der Waals surface area contributed by atoms with Gasteiger partial charge in [-0.25, -0.2) is 4.39 Å². The maximum absolute atomic E-state index is 13.8. The highest BCUT2D eigenvalue weighted by molar-refractivity contribution is 5.98. The molecular weight excluding hydrogens is 323 g/mol. The predicted octanol–water partition coefficient (Wildman–Crippen LogP) is 1.91. The van der Waals surface area contributed by atoms with Crippen LogP contribution in [-0.4, -0.2) is 51.0 Å². The van der Waals surface area contributed by atoms with Gasteiger partial charge in [0.1, 0.15) is 11.5 Å². The van der Waals surface area contributed by atoms with Crippen LogP contribution >= 0.6 is 0 Å². The quantitative estimate of drug-likeness (QED) is 0.856. The first-order valence-corrected chi connectivity index (χ1v) is 8.53. The number of halogens is 1. The van der Waals surface area contributed by atoms with Gasteiger partial charge < -0.3 is 9.80 Å². The minimum absolute atomic E-state index is 0.118. The number of hydrogen-bond acceptors (Lipinski definition) is 3. The minimum atomic E-state index is -0.320. The van der Waals surface area contributed by atoms with E-state index in [4.69, 9.17) is 0 Å². The van der Waals surface area contributed by atoms with E-state index >= 15 is 0 Å². The summed E-state index contributed by atoms with van der Waals surface area (Å²) in [5, 5.41) is 4.31.